The van der Waals surface area contributed by atoms with Gasteiger partial charge in [-0.15, -0.1) is 0 Å². The van der Waals surface area contributed by atoms with E-state index in [2.05, 4.69) is 0 Å². The number of carbonyl (C=O) groups is 2. The van der Waals surface area contributed by atoms with Gasteiger partial charge in [-0.25, -0.2) is 13.6 Å². The van der Waals surface area contributed by atoms with Gasteiger partial charge in [-0.2, -0.15) is 0 Å². The Labute approximate surface area is 132 Å². The maximum atomic E-state index is 12.7. The molecule has 1 atom stereocenters. The molecule has 0 saturated carbocycles. The number of carbonyl (C=O) groups excluding carboxylic acids is 2. The number of likely N-dealkylation sites (tertiary alicyclic amines) is 1. The van der Waals surface area contributed by atoms with Crippen LogP contribution in [0.5, 0.6) is 0 Å². The van der Waals surface area contributed by atoms with Crippen molar-refractivity contribution in [3.63, 3.8) is 0 Å². The highest BCUT2D eigenvalue weighted by Crippen LogP contribution is 2.35. The number of carboxylic acids is 1. The van der Waals surface area contributed by atoms with Crippen molar-refractivity contribution < 1.29 is 28.2 Å². The topological polar surface area (TPSA) is 69.7 Å². The molecule has 0 N–H and O–H groups in total. The summed E-state index contributed by atoms with van der Waals surface area (Å²) in [4.78, 5) is 24.6. The van der Waals surface area contributed by atoms with E-state index >= 15 is 0 Å². The van der Waals surface area contributed by atoms with Gasteiger partial charge in [-0.05, 0) is 18.4 Å². The second-order valence-corrected chi connectivity index (χ2v) is 5.73. The number of nitrogens with zero attached hydrogens (tertiary/aromatic N) is 1. The Bertz CT molecular complexity index is 552. The monoisotopic (exact) mass is 326 g/mol. The molecule has 5 nitrogen and oxygen atoms in total. The Morgan fingerprint density at radius 1 is 1.30 bits per heavy atom. The molecule has 1 aliphatic rings. The largest absolute Gasteiger partial charge is 0.549 e. The van der Waals surface area contributed by atoms with Crippen LogP contribution in [0.3, 0.4) is 0 Å². The van der Waals surface area contributed by atoms with Crippen molar-refractivity contribution in [3.8, 4) is 0 Å². The quantitative estimate of drug-likeness (QED) is 0.827. The Kier molecular flexibility index (Phi) is 5.52. The predicted molar refractivity (Wildman–Crippen MR) is 75.5 cm³/mol. The Balaban J connectivity index is 1.99. The van der Waals surface area contributed by atoms with E-state index in [4.69, 9.17) is 4.74 Å². The number of piperidine rings is 1. The smallest absolute Gasteiger partial charge is 0.410 e. The van der Waals surface area contributed by atoms with Crippen molar-refractivity contribution in [2.75, 3.05) is 13.1 Å². The zero-order valence-corrected chi connectivity index (χ0v) is 12.5. The Morgan fingerprint density at radius 2 is 2.00 bits per heavy atom. The molecule has 1 aromatic carbocycles. The van der Waals surface area contributed by atoms with Crippen LogP contribution in [0.25, 0.3) is 0 Å². The number of alkyl halides is 2. The molecular weight excluding hydrogens is 308 g/mol. The summed E-state index contributed by atoms with van der Waals surface area (Å²) < 4.78 is 30.5. The van der Waals surface area contributed by atoms with Crippen LogP contribution in [-0.2, 0) is 16.1 Å². The highest BCUT2D eigenvalue weighted by Gasteiger charge is 2.41. The first-order chi connectivity index (χ1) is 10.9. The molecule has 1 amide bonds. The molecule has 1 unspecified atom stereocenters. The molecule has 23 heavy (non-hydrogen) atoms. The van der Waals surface area contributed by atoms with Gasteiger partial charge >= 0.3 is 6.09 Å². The van der Waals surface area contributed by atoms with Crippen molar-refractivity contribution in [1.29, 1.82) is 0 Å². The van der Waals surface area contributed by atoms with Crippen LogP contribution in [0.15, 0.2) is 30.3 Å². The van der Waals surface area contributed by atoms with E-state index in [1.54, 1.807) is 24.3 Å². The zero-order chi connectivity index (χ0) is 16.9. The van der Waals surface area contributed by atoms with E-state index in [1.807, 2.05) is 6.07 Å². The van der Waals surface area contributed by atoms with Crippen LogP contribution in [0.1, 0.15) is 24.8 Å². The lowest BCUT2D eigenvalue weighted by molar-refractivity contribution is -0.322. The van der Waals surface area contributed by atoms with Crippen LogP contribution in [0.2, 0.25) is 0 Å². The summed E-state index contributed by atoms with van der Waals surface area (Å²) in [7, 11) is 0. The average Bonchev–Trinajstić information content (AvgIpc) is 2.53. The third-order valence-electron chi connectivity index (χ3n) is 4.02. The maximum absolute atomic E-state index is 12.7. The molecule has 7 heteroatoms. The van der Waals surface area contributed by atoms with Gasteiger partial charge in [0.05, 0.1) is 0 Å². The summed E-state index contributed by atoms with van der Waals surface area (Å²) in [6.45, 7) is 0.0164. The van der Waals surface area contributed by atoms with Crippen LogP contribution in [-0.4, -0.2) is 36.5 Å². The highest BCUT2D eigenvalue weighted by atomic mass is 19.3. The molecule has 1 saturated heterocycles. The van der Waals surface area contributed by atoms with Gasteiger partial charge in [-0.3, -0.25) is 0 Å². The Morgan fingerprint density at radius 3 is 2.61 bits per heavy atom. The van der Waals surface area contributed by atoms with Gasteiger partial charge < -0.3 is 19.5 Å². The molecule has 2 rings (SSSR count). The number of ether oxygens (including phenoxy) is 1. The third-order valence-corrected chi connectivity index (χ3v) is 4.02. The molecule has 0 aliphatic carbocycles. The van der Waals surface area contributed by atoms with E-state index in [-0.39, 0.29) is 26.1 Å². The maximum Gasteiger partial charge on any atom is 0.410 e. The number of aliphatic carboxylic acids is 1. The first-order valence-electron chi connectivity index (χ1n) is 7.38. The fourth-order valence-electron chi connectivity index (χ4n) is 2.81. The SMILES string of the molecule is O=C(OCc1ccccc1)N1CCCC(CC(F)F)(C(=O)[O-])C1. The third kappa shape index (κ3) is 4.40. The molecule has 126 valence electrons. The predicted octanol–water partition coefficient (Wildman–Crippen LogP) is 1.81. The zero-order valence-electron chi connectivity index (χ0n) is 12.5. The minimum Gasteiger partial charge on any atom is -0.549 e. The van der Waals surface area contributed by atoms with E-state index in [0.717, 1.165) is 5.56 Å². The van der Waals surface area contributed by atoms with Gasteiger partial charge in [0.15, 0.2) is 0 Å². The molecule has 0 bridgehead atoms. The summed E-state index contributed by atoms with van der Waals surface area (Å²) in [6, 6.07) is 8.99. The normalized spacial score (nSPS) is 21.3. The van der Waals surface area contributed by atoms with Crippen molar-refractivity contribution >= 4 is 12.1 Å². The molecule has 0 spiro atoms. The van der Waals surface area contributed by atoms with E-state index in [0.29, 0.717) is 6.42 Å². The lowest BCUT2D eigenvalue weighted by atomic mass is 9.77. The molecular formula is C16H18F2NO4-. The summed E-state index contributed by atoms with van der Waals surface area (Å²) in [5.41, 5.74) is -0.922. The average molecular weight is 326 g/mol. The number of rotatable bonds is 5. The number of halogens is 2. The Hall–Kier alpha value is -2.18. The molecule has 1 aromatic rings. The minimum absolute atomic E-state index is 0.0450. The number of hydrogen-bond acceptors (Lipinski definition) is 4. The fourth-order valence-corrected chi connectivity index (χ4v) is 2.81. The standard InChI is InChI=1S/C16H19F2NO4/c17-13(18)9-16(14(20)21)7-4-8-19(11-16)15(22)23-10-12-5-2-1-3-6-12/h1-3,5-6,13H,4,7-11H2,(H,20,21)/p-1. The fraction of sp³-hybridized carbons (Fsp3) is 0.500. The van der Waals surface area contributed by atoms with E-state index < -0.39 is 30.3 Å². The van der Waals surface area contributed by atoms with E-state index in [1.165, 1.54) is 4.90 Å². The van der Waals surface area contributed by atoms with Crippen LogP contribution >= 0.6 is 0 Å². The highest BCUT2D eigenvalue weighted by molar-refractivity contribution is 5.75. The van der Waals surface area contributed by atoms with Crippen molar-refractivity contribution in [3.05, 3.63) is 35.9 Å². The molecule has 0 radical (unpaired) electrons. The summed E-state index contributed by atoms with van der Waals surface area (Å²) in [5, 5.41) is 11.3. The minimum atomic E-state index is -2.77. The van der Waals surface area contributed by atoms with Gasteiger partial charge in [0.1, 0.15) is 6.61 Å². The molecule has 1 heterocycles. The lowest BCUT2D eigenvalue weighted by Gasteiger charge is -2.42. The first-order valence-corrected chi connectivity index (χ1v) is 7.38. The van der Waals surface area contributed by atoms with Gasteiger partial charge in [-0.1, -0.05) is 30.3 Å². The molecule has 0 aromatic heterocycles. The van der Waals surface area contributed by atoms with Crippen molar-refractivity contribution in [2.24, 2.45) is 5.41 Å². The number of benzene rings is 1. The number of hydrogen-bond donors (Lipinski definition) is 0. The van der Waals surface area contributed by atoms with E-state index in [9.17, 15) is 23.5 Å². The van der Waals surface area contributed by atoms with Crippen LogP contribution in [0.4, 0.5) is 13.6 Å². The second kappa shape index (κ2) is 7.39. The van der Waals surface area contributed by atoms with Crippen molar-refractivity contribution in [1.82, 2.24) is 4.90 Å². The molecule has 1 aliphatic heterocycles. The molecule has 1 fully saturated rings. The second-order valence-electron chi connectivity index (χ2n) is 5.73. The number of amides is 1. The van der Waals surface area contributed by atoms with Gasteiger partial charge in [0.25, 0.3) is 0 Å². The van der Waals surface area contributed by atoms with Crippen LogP contribution < -0.4 is 5.11 Å². The van der Waals surface area contributed by atoms with Crippen molar-refractivity contribution in [2.45, 2.75) is 32.3 Å². The summed E-state index contributed by atoms with van der Waals surface area (Å²) >= 11 is 0. The first kappa shape index (κ1) is 17.2. The van der Waals surface area contributed by atoms with Gasteiger partial charge in [0, 0.05) is 30.9 Å². The van der Waals surface area contributed by atoms with Crippen LogP contribution in [0, 0.1) is 5.41 Å². The summed E-state index contributed by atoms with van der Waals surface area (Å²) in [6.07, 6.45) is -3.90. The summed E-state index contributed by atoms with van der Waals surface area (Å²) in [5.74, 6) is -1.54. The van der Waals surface area contributed by atoms with Gasteiger partial charge in [0.2, 0.25) is 6.43 Å². The lowest BCUT2D eigenvalue weighted by Crippen LogP contribution is -2.55. The number of carboxylic acid groups (broad SMARTS) is 1.